The first kappa shape index (κ1) is 12.2. The molecule has 20 heavy (non-hydrogen) atoms. The minimum Gasteiger partial charge on any atom is -0.485 e. The molecular weight excluding hydrogens is 252 g/mol. The van der Waals surface area contributed by atoms with Gasteiger partial charge in [-0.25, -0.2) is 0 Å². The Balaban J connectivity index is 1.83. The van der Waals surface area contributed by atoms with Gasteiger partial charge in [0.15, 0.2) is 5.82 Å². The number of aromatic amines is 1. The number of nitrogens with one attached hydrogen (secondary N) is 1. The Morgan fingerprint density at radius 3 is 2.50 bits per heavy atom. The van der Waals surface area contributed by atoms with E-state index >= 15 is 0 Å². The molecule has 3 rings (SSSR count). The molecule has 0 unspecified atom stereocenters. The number of para-hydroxylation sites is 1. The third-order valence-electron chi connectivity index (χ3n) is 2.89. The van der Waals surface area contributed by atoms with Crippen molar-refractivity contribution in [2.24, 2.45) is 0 Å². The number of ether oxygens (including phenoxy) is 1. The summed E-state index contributed by atoms with van der Waals surface area (Å²) in [7, 11) is 0. The highest BCUT2D eigenvalue weighted by atomic mass is 16.5. The van der Waals surface area contributed by atoms with E-state index in [4.69, 9.17) is 10.5 Å². The maximum atomic E-state index is 5.80. The predicted molar refractivity (Wildman–Crippen MR) is 77.0 cm³/mol. The van der Waals surface area contributed by atoms with Crippen LogP contribution in [-0.2, 0) is 6.61 Å². The molecule has 0 saturated carbocycles. The van der Waals surface area contributed by atoms with Gasteiger partial charge in [0.05, 0.1) is 0 Å². The summed E-state index contributed by atoms with van der Waals surface area (Å²) in [5, 5.41) is 6.49. The van der Waals surface area contributed by atoms with E-state index in [1.165, 1.54) is 0 Å². The van der Waals surface area contributed by atoms with Crippen LogP contribution in [0, 0.1) is 0 Å². The molecule has 1 aromatic heterocycles. The van der Waals surface area contributed by atoms with Crippen LogP contribution in [0.4, 0.5) is 5.95 Å². The molecule has 0 spiro atoms. The standard InChI is InChI=1S/C15H14N4O/c16-15-17-14(18-19-15)10-20-13-9-5-4-8-12(13)11-6-2-1-3-7-11/h1-9H,10H2,(H3,16,17,18,19). The Labute approximate surface area is 116 Å². The Morgan fingerprint density at radius 1 is 1.00 bits per heavy atom. The van der Waals surface area contributed by atoms with Crippen molar-refractivity contribution >= 4 is 5.95 Å². The summed E-state index contributed by atoms with van der Waals surface area (Å²) in [5.41, 5.74) is 7.61. The number of nitrogen functional groups attached to an aromatic ring is 1. The van der Waals surface area contributed by atoms with Gasteiger partial charge in [-0.2, -0.15) is 4.98 Å². The van der Waals surface area contributed by atoms with Crippen molar-refractivity contribution in [1.82, 2.24) is 15.2 Å². The first-order valence-electron chi connectivity index (χ1n) is 6.27. The second-order valence-electron chi connectivity index (χ2n) is 4.29. The molecule has 3 aromatic rings. The second-order valence-corrected chi connectivity index (χ2v) is 4.29. The fourth-order valence-corrected chi connectivity index (χ4v) is 1.97. The Hall–Kier alpha value is -2.82. The predicted octanol–water partition coefficient (Wildman–Crippen LogP) is 2.63. The van der Waals surface area contributed by atoms with Gasteiger partial charge >= 0.3 is 0 Å². The molecular formula is C15H14N4O. The largest absolute Gasteiger partial charge is 0.485 e. The zero-order chi connectivity index (χ0) is 13.8. The molecule has 3 N–H and O–H groups in total. The Bertz CT molecular complexity index is 694. The number of aromatic nitrogens is 3. The van der Waals surface area contributed by atoms with E-state index in [2.05, 4.69) is 27.3 Å². The van der Waals surface area contributed by atoms with E-state index in [1.807, 2.05) is 42.5 Å². The number of H-pyrrole nitrogens is 1. The van der Waals surface area contributed by atoms with Crippen molar-refractivity contribution in [1.29, 1.82) is 0 Å². The van der Waals surface area contributed by atoms with Gasteiger partial charge in [-0.05, 0) is 11.6 Å². The van der Waals surface area contributed by atoms with E-state index in [0.29, 0.717) is 12.4 Å². The van der Waals surface area contributed by atoms with E-state index in [1.54, 1.807) is 0 Å². The molecule has 0 atom stereocenters. The molecule has 5 nitrogen and oxygen atoms in total. The van der Waals surface area contributed by atoms with Gasteiger partial charge in [-0.1, -0.05) is 48.5 Å². The molecule has 0 aliphatic rings. The maximum Gasteiger partial charge on any atom is 0.239 e. The number of hydrogen-bond donors (Lipinski definition) is 2. The second kappa shape index (κ2) is 5.44. The molecule has 100 valence electrons. The summed E-state index contributed by atoms with van der Waals surface area (Å²) in [4.78, 5) is 4.01. The Kier molecular flexibility index (Phi) is 3.33. The van der Waals surface area contributed by atoms with Crippen molar-refractivity contribution in [2.75, 3.05) is 5.73 Å². The average Bonchev–Trinajstić information content (AvgIpc) is 2.92. The Morgan fingerprint density at radius 2 is 1.75 bits per heavy atom. The fraction of sp³-hybridized carbons (Fsp3) is 0.0667. The van der Waals surface area contributed by atoms with Crippen molar-refractivity contribution in [3.63, 3.8) is 0 Å². The monoisotopic (exact) mass is 266 g/mol. The van der Waals surface area contributed by atoms with E-state index in [0.717, 1.165) is 16.9 Å². The number of hydrogen-bond acceptors (Lipinski definition) is 4. The van der Waals surface area contributed by atoms with Crippen LogP contribution in [0.2, 0.25) is 0 Å². The average molecular weight is 266 g/mol. The molecule has 0 fully saturated rings. The van der Waals surface area contributed by atoms with E-state index < -0.39 is 0 Å². The fourth-order valence-electron chi connectivity index (χ4n) is 1.97. The number of rotatable bonds is 4. The van der Waals surface area contributed by atoms with Crippen molar-refractivity contribution in [2.45, 2.75) is 6.61 Å². The third kappa shape index (κ3) is 2.61. The molecule has 1 heterocycles. The molecule has 0 radical (unpaired) electrons. The lowest BCUT2D eigenvalue weighted by molar-refractivity contribution is 0.297. The summed E-state index contributed by atoms with van der Waals surface area (Å²) in [5.74, 6) is 1.62. The molecule has 0 aliphatic heterocycles. The van der Waals surface area contributed by atoms with E-state index in [9.17, 15) is 0 Å². The number of nitrogens with zero attached hydrogens (tertiary/aromatic N) is 2. The van der Waals surface area contributed by atoms with Crippen LogP contribution < -0.4 is 10.5 Å². The van der Waals surface area contributed by atoms with Crippen LogP contribution >= 0.6 is 0 Å². The molecule has 0 amide bonds. The minimum absolute atomic E-state index is 0.222. The topological polar surface area (TPSA) is 76.8 Å². The maximum absolute atomic E-state index is 5.80. The van der Waals surface area contributed by atoms with Gasteiger partial charge in [-0.3, -0.25) is 5.10 Å². The summed E-state index contributed by atoms with van der Waals surface area (Å²) in [6.07, 6.45) is 0. The van der Waals surface area contributed by atoms with Gasteiger partial charge in [0.1, 0.15) is 12.4 Å². The SMILES string of the molecule is Nc1n[nH]c(COc2ccccc2-c2ccccc2)n1. The molecule has 0 saturated heterocycles. The van der Waals surface area contributed by atoms with Crippen molar-refractivity contribution in [3.8, 4) is 16.9 Å². The van der Waals surface area contributed by atoms with Gasteiger partial charge < -0.3 is 10.5 Å². The first-order chi connectivity index (χ1) is 9.83. The highest BCUT2D eigenvalue weighted by Gasteiger charge is 2.07. The normalized spacial score (nSPS) is 10.4. The number of benzene rings is 2. The minimum atomic E-state index is 0.222. The number of nitrogens with two attached hydrogens (primary N) is 1. The van der Waals surface area contributed by atoms with E-state index in [-0.39, 0.29) is 5.95 Å². The summed E-state index contributed by atoms with van der Waals surface area (Å²) < 4.78 is 5.80. The van der Waals surface area contributed by atoms with Crippen LogP contribution in [0.15, 0.2) is 54.6 Å². The smallest absolute Gasteiger partial charge is 0.239 e. The van der Waals surface area contributed by atoms with Gasteiger partial charge in [0, 0.05) is 5.56 Å². The van der Waals surface area contributed by atoms with Crippen molar-refractivity contribution < 1.29 is 4.74 Å². The molecule has 2 aromatic carbocycles. The van der Waals surface area contributed by atoms with Crippen LogP contribution in [0.3, 0.4) is 0 Å². The number of anilines is 1. The first-order valence-corrected chi connectivity index (χ1v) is 6.27. The summed E-state index contributed by atoms with van der Waals surface area (Å²) in [6.45, 7) is 0.300. The lowest BCUT2D eigenvalue weighted by Crippen LogP contribution is -1.99. The van der Waals surface area contributed by atoms with Crippen LogP contribution in [0.25, 0.3) is 11.1 Å². The highest BCUT2D eigenvalue weighted by molar-refractivity contribution is 5.70. The third-order valence-corrected chi connectivity index (χ3v) is 2.89. The van der Waals surface area contributed by atoms with Gasteiger partial charge in [0.2, 0.25) is 5.95 Å². The summed E-state index contributed by atoms with van der Waals surface area (Å²) in [6, 6.07) is 18.0. The lowest BCUT2D eigenvalue weighted by atomic mass is 10.1. The zero-order valence-corrected chi connectivity index (χ0v) is 10.8. The van der Waals surface area contributed by atoms with Crippen LogP contribution in [0.5, 0.6) is 5.75 Å². The van der Waals surface area contributed by atoms with Crippen LogP contribution in [0.1, 0.15) is 5.82 Å². The van der Waals surface area contributed by atoms with Crippen LogP contribution in [-0.4, -0.2) is 15.2 Å². The quantitative estimate of drug-likeness (QED) is 0.761. The van der Waals surface area contributed by atoms with Gasteiger partial charge in [-0.15, -0.1) is 5.10 Å². The molecule has 0 aliphatic carbocycles. The van der Waals surface area contributed by atoms with Gasteiger partial charge in [0.25, 0.3) is 0 Å². The zero-order valence-electron chi connectivity index (χ0n) is 10.8. The van der Waals surface area contributed by atoms with Crippen molar-refractivity contribution in [3.05, 3.63) is 60.4 Å². The molecule has 0 bridgehead atoms. The summed E-state index contributed by atoms with van der Waals surface area (Å²) >= 11 is 0. The highest BCUT2D eigenvalue weighted by Crippen LogP contribution is 2.29. The molecule has 5 heteroatoms. The lowest BCUT2D eigenvalue weighted by Gasteiger charge is -2.10.